The van der Waals surface area contributed by atoms with Gasteiger partial charge in [-0.3, -0.25) is 4.79 Å². The Balaban J connectivity index is 1.75. The Morgan fingerprint density at radius 1 is 1.27 bits per heavy atom. The molecule has 6 nitrogen and oxygen atoms in total. The normalized spacial score (nSPS) is 16.6. The van der Waals surface area contributed by atoms with Crippen LogP contribution in [0.4, 0.5) is 5.69 Å². The molecule has 0 amide bonds. The van der Waals surface area contributed by atoms with Crippen molar-refractivity contribution < 1.29 is 4.74 Å². The van der Waals surface area contributed by atoms with Crippen molar-refractivity contribution in [1.82, 2.24) is 14.7 Å². The van der Waals surface area contributed by atoms with Crippen molar-refractivity contribution in [2.24, 2.45) is 0 Å². The maximum atomic E-state index is 12.6. The number of likely N-dealkylation sites (N-methyl/N-ethyl adjacent to an activating group) is 1. The first-order chi connectivity index (χ1) is 12.5. The number of nitrogens with zero attached hydrogens (tertiary/aromatic N) is 3. The highest BCUT2D eigenvalue weighted by atomic mass is 35.5. The summed E-state index contributed by atoms with van der Waals surface area (Å²) in [4.78, 5) is 14.8. The van der Waals surface area contributed by atoms with E-state index in [-0.39, 0.29) is 16.1 Å². The first kappa shape index (κ1) is 18.9. The average Bonchev–Trinajstić information content (AvgIpc) is 2.66. The number of hydrogen-bond donors (Lipinski definition) is 1. The molecule has 0 unspecified atom stereocenters. The second-order valence-corrected chi connectivity index (χ2v) is 7.28. The number of nitrogens with one attached hydrogen (secondary N) is 1. The third-order valence-corrected chi connectivity index (χ3v) is 5.51. The topological polar surface area (TPSA) is 59.4 Å². The van der Waals surface area contributed by atoms with Crippen molar-refractivity contribution in [1.29, 1.82) is 0 Å². The van der Waals surface area contributed by atoms with Gasteiger partial charge in [-0.05, 0) is 32.5 Å². The Bertz CT molecular complexity index is 786. The van der Waals surface area contributed by atoms with Crippen LogP contribution in [0.25, 0.3) is 0 Å². The van der Waals surface area contributed by atoms with Gasteiger partial charge in [0, 0.05) is 25.3 Å². The second-order valence-electron chi connectivity index (χ2n) is 6.91. The second kappa shape index (κ2) is 8.20. The summed E-state index contributed by atoms with van der Waals surface area (Å²) in [7, 11) is 4.15. The van der Waals surface area contributed by atoms with Gasteiger partial charge in [-0.25, -0.2) is 4.68 Å². The minimum Gasteiger partial charge on any atom is -0.381 e. The van der Waals surface area contributed by atoms with Crippen molar-refractivity contribution in [3.63, 3.8) is 0 Å². The maximum absolute atomic E-state index is 12.6. The molecule has 26 heavy (non-hydrogen) atoms. The van der Waals surface area contributed by atoms with E-state index >= 15 is 0 Å². The molecule has 1 aromatic heterocycles. The largest absolute Gasteiger partial charge is 0.381 e. The molecule has 3 rings (SSSR count). The average molecular weight is 377 g/mol. The fraction of sp³-hybridized carbons (Fsp3) is 0.474. The van der Waals surface area contributed by atoms with Gasteiger partial charge in [-0.15, -0.1) is 0 Å². The van der Waals surface area contributed by atoms with E-state index in [1.807, 2.05) is 30.3 Å². The van der Waals surface area contributed by atoms with Crippen LogP contribution < -0.4 is 10.9 Å². The summed E-state index contributed by atoms with van der Waals surface area (Å²) >= 11 is 6.33. The lowest BCUT2D eigenvalue weighted by Crippen LogP contribution is -2.53. The molecule has 0 aliphatic carbocycles. The van der Waals surface area contributed by atoms with Crippen LogP contribution in [0.5, 0.6) is 0 Å². The summed E-state index contributed by atoms with van der Waals surface area (Å²) in [5.74, 6) is 0. The molecule has 0 bridgehead atoms. The van der Waals surface area contributed by atoms with E-state index in [9.17, 15) is 4.79 Å². The molecule has 7 heteroatoms. The van der Waals surface area contributed by atoms with E-state index in [0.717, 1.165) is 31.6 Å². The number of rotatable bonds is 6. The molecule has 1 aliphatic heterocycles. The summed E-state index contributed by atoms with van der Waals surface area (Å²) in [5.41, 5.74) is 1.29. The number of benzene rings is 1. The summed E-state index contributed by atoms with van der Waals surface area (Å²) < 4.78 is 6.88. The molecular formula is C19H25ClN4O2. The van der Waals surface area contributed by atoms with Gasteiger partial charge < -0.3 is 15.0 Å². The fourth-order valence-corrected chi connectivity index (χ4v) is 3.46. The van der Waals surface area contributed by atoms with Gasteiger partial charge in [0.05, 0.1) is 18.4 Å². The van der Waals surface area contributed by atoms with Crippen molar-refractivity contribution in [2.45, 2.75) is 24.9 Å². The van der Waals surface area contributed by atoms with Gasteiger partial charge in [0.15, 0.2) is 0 Å². The first-order valence-corrected chi connectivity index (χ1v) is 9.18. The molecule has 1 N–H and O–H groups in total. The van der Waals surface area contributed by atoms with Gasteiger partial charge in [-0.1, -0.05) is 41.9 Å². The Hall–Kier alpha value is -1.89. The zero-order valence-corrected chi connectivity index (χ0v) is 16.0. The van der Waals surface area contributed by atoms with E-state index in [1.165, 1.54) is 4.68 Å². The van der Waals surface area contributed by atoms with Crippen LogP contribution >= 0.6 is 11.6 Å². The molecule has 1 aromatic carbocycles. The lowest BCUT2D eigenvalue weighted by molar-refractivity contribution is -0.000632. The quantitative estimate of drug-likeness (QED) is 0.839. The smallest absolute Gasteiger partial charge is 0.287 e. The molecule has 1 aliphatic rings. The van der Waals surface area contributed by atoms with E-state index in [4.69, 9.17) is 16.3 Å². The van der Waals surface area contributed by atoms with Gasteiger partial charge in [-0.2, -0.15) is 5.10 Å². The summed E-state index contributed by atoms with van der Waals surface area (Å²) in [6, 6.07) is 9.73. The molecular weight excluding hydrogens is 352 g/mol. The van der Waals surface area contributed by atoms with Gasteiger partial charge in [0.25, 0.3) is 5.56 Å². The summed E-state index contributed by atoms with van der Waals surface area (Å²) in [6.07, 6.45) is 3.50. The van der Waals surface area contributed by atoms with Crippen LogP contribution in [0, 0.1) is 0 Å². The minimum atomic E-state index is -0.286. The summed E-state index contributed by atoms with van der Waals surface area (Å²) in [6.45, 7) is 2.57. The highest BCUT2D eigenvalue weighted by Crippen LogP contribution is 2.27. The summed E-state index contributed by atoms with van der Waals surface area (Å²) in [5, 5.41) is 7.79. The van der Waals surface area contributed by atoms with Gasteiger partial charge >= 0.3 is 0 Å². The minimum absolute atomic E-state index is 0.0134. The monoisotopic (exact) mass is 376 g/mol. The standard InChI is InChI=1S/C19H25ClN4O2/c1-23(2)19(8-10-26-11-9-19)14-21-16-12-22-24(18(25)17(16)20)13-15-6-4-3-5-7-15/h3-7,12,21H,8-11,13-14H2,1-2H3. The van der Waals surface area contributed by atoms with Crippen LogP contribution in [0.3, 0.4) is 0 Å². The molecule has 1 saturated heterocycles. The van der Waals surface area contributed by atoms with Crippen LogP contribution in [-0.4, -0.2) is 54.1 Å². The number of halogens is 1. The molecule has 2 aromatic rings. The predicted octanol–water partition coefficient (Wildman–Crippen LogP) is 2.47. The lowest BCUT2D eigenvalue weighted by atomic mass is 9.88. The Labute approximate surface area is 158 Å². The van der Waals surface area contributed by atoms with Crippen LogP contribution in [-0.2, 0) is 11.3 Å². The lowest BCUT2D eigenvalue weighted by Gasteiger charge is -2.43. The molecule has 0 spiro atoms. The van der Waals surface area contributed by atoms with E-state index in [1.54, 1.807) is 6.20 Å². The fourth-order valence-electron chi connectivity index (χ4n) is 3.25. The first-order valence-electron chi connectivity index (χ1n) is 8.80. The van der Waals surface area contributed by atoms with Gasteiger partial charge in [0.1, 0.15) is 5.02 Å². The van der Waals surface area contributed by atoms with Crippen LogP contribution in [0.2, 0.25) is 5.02 Å². The Morgan fingerprint density at radius 2 is 1.96 bits per heavy atom. The van der Waals surface area contributed by atoms with Crippen molar-refractivity contribution >= 4 is 17.3 Å². The van der Waals surface area contributed by atoms with Crippen LogP contribution in [0.1, 0.15) is 18.4 Å². The molecule has 0 saturated carbocycles. The number of ether oxygens (including phenoxy) is 1. The zero-order chi connectivity index (χ0) is 18.6. The van der Waals surface area contributed by atoms with E-state index in [0.29, 0.717) is 18.8 Å². The molecule has 1 fully saturated rings. The number of hydrogen-bond acceptors (Lipinski definition) is 5. The van der Waals surface area contributed by atoms with E-state index < -0.39 is 0 Å². The van der Waals surface area contributed by atoms with Crippen LogP contribution in [0.15, 0.2) is 41.3 Å². The molecule has 2 heterocycles. The third kappa shape index (κ3) is 4.09. The molecule has 0 atom stereocenters. The molecule has 140 valence electrons. The van der Waals surface area contributed by atoms with E-state index in [2.05, 4.69) is 29.4 Å². The maximum Gasteiger partial charge on any atom is 0.287 e. The van der Waals surface area contributed by atoms with Crippen molar-refractivity contribution in [3.8, 4) is 0 Å². The number of aromatic nitrogens is 2. The highest BCUT2D eigenvalue weighted by Gasteiger charge is 2.34. The van der Waals surface area contributed by atoms with Crippen molar-refractivity contribution in [3.05, 3.63) is 57.5 Å². The third-order valence-electron chi connectivity index (χ3n) is 5.14. The Kier molecular flexibility index (Phi) is 5.96. The zero-order valence-electron chi connectivity index (χ0n) is 15.2. The van der Waals surface area contributed by atoms with Gasteiger partial charge in [0.2, 0.25) is 0 Å². The van der Waals surface area contributed by atoms with Crippen molar-refractivity contribution in [2.75, 3.05) is 39.2 Å². The molecule has 0 radical (unpaired) electrons. The Morgan fingerprint density at radius 3 is 2.62 bits per heavy atom. The predicted molar refractivity (Wildman–Crippen MR) is 104 cm³/mol. The highest BCUT2D eigenvalue weighted by molar-refractivity contribution is 6.32. The SMILES string of the molecule is CN(C)C1(CNc2cnn(Cc3ccccc3)c(=O)c2Cl)CCOCC1. The number of anilines is 1.